The molecule has 0 saturated carbocycles. The fraction of sp³-hybridized carbons (Fsp3) is 0.154. The summed E-state index contributed by atoms with van der Waals surface area (Å²) in [5.41, 5.74) is 0.833. The van der Waals surface area contributed by atoms with E-state index >= 15 is 0 Å². The molecule has 17 heavy (non-hydrogen) atoms. The van der Waals surface area contributed by atoms with E-state index in [4.69, 9.17) is 0 Å². The van der Waals surface area contributed by atoms with Gasteiger partial charge in [-0.2, -0.15) is 0 Å². The van der Waals surface area contributed by atoms with Crippen LogP contribution in [0.4, 0.5) is 8.78 Å². The lowest BCUT2D eigenvalue weighted by Gasteiger charge is -2.04. The second-order valence-electron chi connectivity index (χ2n) is 3.60. The van der Waals surface area contributed by atoms with Crippen LogP contribution in [0.3, 0.4) is 0 Å². The van der Waals surface area contributed by atoms with E-state index in [2.05, 4.69) is 10.3 Å². The molecule has 0 fully saturated rings. The average molecular weight is 234 g/mol. The van der Waals surface area contributed by atoms with Gasteiger partial charge in [0.2, 0.25) is 0 Å². The first-order valence-electron chi connectivity index (χ1n) is 5.31. The second kappa shape index (κ2) is 5.39. The Kier molecular flexibility index (Phi) is 3.65. The zero-order valence-electron chi connectivity index (χ0n) is 9.16. The molecule has 1 aromatic carbocycles. The molecule has 88 valence electrons. The molecule has 1 aliphatic heterocycles. The first-order chi connectivity index (χ1) is 8.27. The van der Waals surface area contributed by atoms with E-state index in [0.29, 0.717) is 18.7 Å². The quantitative estimate of drug-likeness (QED) is 0.793. The SMILES string of the molecule is Fc1ccc(F)c(C2=C/C/C=C\NC/N=C\2)c1. The lowest BCUT2D eigenvalue weighted by Crippen LogP contribution is -2.03. The van der Waals surface area contributed by atoms with E-state index < -0.39 is 11.6 Å². The van der Waals surface area contributed by atoms with Crippen LogP contribution in [-0.4, -0.2) is 12.9 Å². The maximum atomic E-state index is 13.6. The monoisotopic (exact) mass is 234 g/mol. The lowest BCUT2D eigenvalue weighted by molar-refractivity contribution is 0.597. The molecule has 0 unspecified atom stereocenters. The standard InChI is InChI=1S/C13H12F2N2/c14-11-4-5-13(15)12(7-11)10-3-1-2-6-16-9-17-8-10/h2-8,16H,1,9H2/b6-2-,10-3+,17-8-. The van der Waals surface area contributed by atoms with Crippen molar-refractivity contribution in [2.75, 3.05) is 6.67 Å². The first-order valence-corrected chi connectivity index (χ1v) is 5.31. The van der Waals surface area contributed by atoms with Gasteiger partial charge in [-0.25, -0.2) is 8.78 Å². The van der Waals surface area contributed by atoms with Crippen LogP contribution in [0.15, 0.2) is 41.5 Å². The summed E-state index contributed by atoms with van der Waals surface area (Å²) in [5.74, 6) is -0.899. The van der Waals surface area contributed by atoms with E-state index in [1.807, 2.05) is 12.2 Å². The number of hydrogen-bond donors (Lipinski definition) is 1. The fourth-order valence-corrected chi connectivity index (χ4v) is 1.55. The van der Waals surface area contributed by atoms with Crippen molar-refractivity contribution in [2.45, 2.75) is 6.42 Å². The number of hydrogen-bond acceptors (Lipinski definition) is 2. The highest BCUT2D eigenvalue weighted by atomic mass is 19.1. The van der Waals surface area contributed by atoms with Crippen molar-refractivity contribution in [2.24, 2.45) is 4.99 Å². The molecule has 0 aromatic heterocycles. The zero-order valence-corrected chi connectivity index (χ0v) is 9.16. The van der Waals surface area contributed by atoms with Crippen LogP contribution >= 0.6 is 0 Å². The summed E-state index contributed by atoms with van der Waals surface area (Å²) in [4.78, 5) is 4.07. The summed E-state index contributed by atoms with van der Waals surface area (Å²) >= 11 is 0. The minimum atomic E-state index is -0.454. The van der Waals surface area contributed by atoms with Gasteiger partial charge < -0.3 is 5.32 Å². The zero-order chi connectivity index (χ0) is 12.1. The molecule has 1 aliphatic rings. The lowest BCUT2D eigenvalue weighted by atomic mass is 10.0. The van der Waals surface area contributed by atoms with Gasteiger partial charge in [-0.3, -0.25) is 4.99 Å². The molecule has 0 amide bonds. The van der Waals surface area contributed by atoms with Crippen LogP contribution < -0.4 is 5.32 Å². The summed E-state index contributed by atoms with van der Waals surface area (Å²) < 4.78 is 26.7. The van der Waals surface area contributed by atoms with Crippen molar-refractivity contribution < 1.29 is 8.78 Å². The Balaban J connectivity index is 2.39. The van der Waals surface area contributed by atoms with Gasteiger partial charge in [-0.15, -0.1) is 0 Å². The van der Waals surface area contributed by atoms with Gasteiger partial charge in [-0.05, 0) is 36.4 Å². The van der Waals surface area contributed by atoms with Crippen LogP contribution in [0.1, 0.15) is 12.0 Å². The molecule has 0 aliphatic carbocycles. The van der Waals surface area contributed by atoms with Crippen LogP contribution in [0.25, 0.3) is 5.57 Å². The van der Waals surface area contributed by atoms with E-state index in [9.17, 15) is 8.78 Å². The Morgan fingerprint density at radius 2 is 2.12 bits per heavy atom. The summed E-state index contributed by atoms with van der Waals surface area (Å²) in [6.45, 7) is 0.421. The average Bonchev–Trinajstić information content (AvgIpc) is 2.45. The van der Waals surface area contributed by atoms with Gasteiger partial charge in [0.05, 0.1) is 0 Å². The molecule has 1 heterocycles. The van der Waals surface area contributed by atoms with Crippen molar-refractivity contribution >= 4 is 11.8 Å². The van der Waals surface area contributed by atoms with Crippen molar-refractivity contribution in [3.05, 3.63) is 53.7 Å². The molecule has 0 radical (unpaired) electrons. The van der Waals surface area contributed by atoms with Gasteiger partial charge in [0.1, 0.15) is 18.3 Å². The van der Waals surface area contributed by atoms with Crippen LogP contribution in [-0.2, 0) is 0 Å². The molecule has 1 aromatic rings. The highest BCUT2D eigenvalue weighted by molar-refractivity contribution is 6.09. The fourth-order valence-electron chi connectivity index (χ4n) is 1.55. The van der Waals surface area contributed by atoms with Crippen molar-refractivity contribution in [3.63, 3.8) is 0 Å². The highest BCUT2D eigenvalue weighted by Gasteiger charge is 2.07. The van der Waals surface area contributed by atoms with Crippen LogP contribution in [0, 0.1) is 11.6 Å². The number of halogens is 2. The molecule has 4 heteroatoms. The van der Waals surface area contributed by atoms with E-state index in [1.54, 1.807) is 12.4 Å². The molecule has 0 bridgehead atoms. The number of nitrogens with one attached hydrogen (secondary N) is 1. The molecule has 0 atom stereocenters. The molecule has 0 spiro atoms. The third-order valence-corrected chi connectivity index (χ3v) is 2.36. The van der Waals surface area contributed by atoms with Gasteiger partial charge >= 0.3 is 0 Å². The normalized spacial score (nSPS) is 22.4. The molecule has 0 saturated heterocycles. The van der Waals surface area contributed by atoms with E-state index in [-0.39, 0.29) is 5.56 Å². The Morgan fingerprint density at radius 1 is 1.24 bits per heavy atom. The minimum absolute atomic E-state index is 0.240. The van der Waals surface area contributed by atoms with Gasteiger partial charge in [-0.1, -0.05) is 12.2 Å². The van der Waals surface area contributed by atoms with Crippen LogP contribution in [0.2, 0.25) is 0 Å². The number of allylic oxidation sites excluding steroid dienone is 3. The molecule has 1 N–H and O–H groups in total. The second-order valence-corrected chi connectivity index (χ2v) is 3.60. The summed E-state index contributed by atoms with van der Waals surface area (Å²) in [5, 5.41) is 2.95. The van der Waals surface area contributed by atoms with Crippen molar-refractivity contribution in [1.29, 1.82) is 0 Å². The molecular weight excluding hydrogens is 222 g/mol. The van der Waals surface area contributed by atoms with Crippen LogP contribution in [0.5, 0.6) is 0 Å². The Bertz CT molecular complexity index is 490. The topological polar surface area (TPSA) is 24.4 Å². The Hall–Kier alpha value is -1.97. The maximum absolute atomic E-state index is 13.6. The number of rotatable bonds is 1. The summed E-state index contributed by atoms with van der Waals surface area (Å²) in [6, 6.07) is 3.41. The minimum Gasteiger partial charge on any atom is -0.373 e. The molecule has 2 nitrogen and oxygen atoms in total. The van der Waals surface area contributed by atoms with E-state index in [1.165, 1.54) is 6.07 Å². The van der Waals surface area contributed by atoms with Gasteiger partial charge in [0.15, 0.2) is 0 Å². The van der Waals surface area contributed by atoms with Crippen molar-refractivity contribution in [1.82, 2.24) is 5.32 Å². The van der Waals surface area contributed by atoms with E-state index in [0.717, 1.165) is 12.1 Å². The highest BCUT2D eigenvalue weighted by Crippen LogP contribution is 2.19. The predicted octanol–water partition coefficient (Wildman–Crippen LogP) is 2.88. The predicted molar refractivity (Wildman–Crippen MR) is 64.6 cm³/mol. The molecule has 2 rings (SSSR count). The Morgan fingerprint density at radius 3 is 3.00 bits per heavy atom. The third kappa shape index (κ3) is 3.00. The molecular formula is C13H12F2N2. The summed E-state index contributed by atoms with van der Waals surface area (Å²) in [6.07, 6.45) is 7.69. The summed E-state index contributed by atoms with van der Waals surface area (Å²) in [7, 11) is 0. The number of aliphatic imine (C=N–C) groups is 1. The van der Waals surface area contributed by atoms with Crippen molar-refractivity contribution in [3.8, 4) is 0 Å². The first kappa shape index (κ1) is 11.5. The van der Waals surface area contributed by atoms with Gasteiger partial charge in [0.25, 0.3) is 0 Å². The smallest absolute Gasteiger partial charge is 0.131 e. The third-order valence-electron chi connectivity index (χ3n) is 2.36. The van der Waals surface area contributed by atoms with Gasteiger partial charge in [0, 0.05) is 11.8 Å². The Labute approximate surface area is 98.4 Å². The number of benzene rings is 1. The largest absolute Gasteiger partial charge is 0.373 e. The number of nitrogens with zero attached hydrogens (tertiary/aromatic N) is 1. The maximum Gasteiger partial charge on any atom is 0.131 e.